The molecule has 0 aliphatic carbocycles. The third kappa shape index (κ3) is 3.58. The van der Waals surface area contributed by atoms with Crippen LogP contribution in [0.3, 0.4) is 0 Å². The summed E-state index contributed by atoms with van der Waals surface area (Å²) in [6.07, 6.45) is 0. The van der Waals surface area contributed by atoms with Crippen LogP contribution in [-0.4, -0.2) is 17.3 Å². The lowest BCUT2D eigenvalue weighted by atomic mass is 10.1. The Morgan fingerprint density at radius 2 is 2.00 bits per heavy atom. The van der Waals surface area contributed by atoms with E-state index in [2.05, 4.69) is 0 Å². The number of hydrogen-bond donors (Lipinski definition) is 0. The number of nitrogens with zero attached hydrogens (tertiary/aromatic N) is 1. The molecule has 5 nitrogen and oxygen atoms in total. The SMILES string of the molecule is Cc1ccc(OCC(=O)c2ccccc2Cl)c([N+](=O)[O-])c1. The maximum atomic E-state index is 12.0. The van der Waals surface area contributed by atoms with Crippen molar-refractivity contribution in [3.63, 3.8) is 0 Å². The van der Waals surface area contributed by atoms with Gasteiger partial charge in [-0.1, -0.05) is 29.8 Å². The molecule has 0 heterocycles. The van der Waals surface area contributed by atoms with E-state index in [1.165, 1.54) is 12.1 Å². The molecule has 108 valence electrons. The zero-order chi connectivity index (χ0) is 15.4. The first-order valence-electron chi connectivity index (χ1n) is 6.14. The van der Waals surface area contributed by atoms with Crippen molar-refractivity contribution in [1.82, 2.24) is 0 Å². The lowest BCUT2D eigenvalue weighted by Gasteiger charge is -2.07. The molecular weight excluding hydrogens is 294 g/mol. The second-order valence-electron chi connectivity index (χ2n) is 4.42. The van der Waals surface area contributed by atoms with Crippen molar-refractivity contribution in [2.75, 3.05) is 6.61 Å². The van der Waals surface area contributed by atoms with E-state index in [9.17, 15) is 14.9 Å². The van der Waals surface area contributed by atoms with Gasteiger partial charge in [0.1, 0.15) is 0 Å². The van der Waals surface area contributed by atoms with Crippen LogP contribution in [0.5, 0.6) is 5.75 Å². The molecule has 6 heteroatoms. The predicted molar refractivity (Wildman–Crippen MR) is 79.1 cm³/mol. The molecule has 0 aliphatic rings. The standard InChI is InChI=1S/C15H12ClNO4/c1-10-6-7-15(13(8-10)17(19)20)21-9-14(18)11-4-2-3-5-12(11)16/h2-8H,9H2,1H3. The molecule has 0 radical (unpaired) electrons. The number of halogens is 1. The van der Waals surface area contributed by atoms with Crippen LogP contribution in [0.15, 0.2) is 42.5 Å². The highest BCUT2D eigenvalue weighted by Gasteiger charge is 2.17. The van der Waals surface area contributed by atoms with E-state index < -0.39 is 4.92 Å². The minimum atomic E-state index is -0.539. The van der Waals surface area contributed by atoms with Crippen molar-refractivity contribution in [1.29, 1.82) is 0 Å². The topological polar surface area (TPSA) is 69.4 Å². The van der Waals surface area contributed by atoms with Gasteiger partial charge in [-0.2, -0.15) is 0 Å². The van der Waals surface area contributed by atoms with Gasteiger partial charge in [0.05, 0.1) is 9.95 Å². The van der Waals surface area contributed by atoms with Gasteiger partial charge < -0.3 is 4.74 Å². The highest BCUT2D eigenvalue weighted by molar-refractivity contribution is 6.34. The third-order valence-electron chi connectivity index (χ3n) is 2.84. The Morgan fingerprint density at radius 1 is 1.29 bits per heavy atom. The summed E-state index contributed by atoms with van der Waals surface area (Å²) in [4.78, 5) is 22.4. The van der Waals surface area contributed by atoms with Gasteiger partial charge in [-0.15, -0.1) is 0 Å². The summed E-state index contributed by atoms with van der Waals surface area (Å²) < 4.78 is 5.27. The van der Waals surface area contributed by atoms with E-state index in [0.29, 0.717) is 10.6 Å². The van der Waals surface area contributed by atoms with Crippen LogP contribution >= 0.6 is 11.6 Å². The number of benzene rings is 2. The number of carbonyl (C=O) groups is 1. The summed E-state index contributed by atoms with van der Waals surface area (Å²) >= 11 is 5.92. The predicted octanol–water partition coefficient (Wildman–Crippen LogP) is 3.82. The fourth-order valence-electron chi connectivity index (χ4n) is 1.80. The summed E-state index contributed by atoms with van der Waals surface area (Å²) in [6.45, 7) is 1.43. The molecule has 0 aromatic heterocycles. The molecule has 0 saturated heterocycles. The van der Waals surface area contributed by atoms with Crippen molar-refractivity contribution in [2.24, 2.45) is 0 Å². The second kappa shape index (κ2) is 6.37. The first-order chi connectivity index (χ1) is 9.99. The number of nitro groups is 1. The Balaban J connectivity index is 2.15. The Morgan fingerprint density at radius 3 is 2.67 bits per heavy atom. The summed E-state index contributed by atoms with van der Waals surface area (Å²) in [5, 5.41) is 11.3. The molecule has 0 N–H and O–H groups in total. The van der Waals surface area contributed by atoms with Crippen molar-refractivity contribution < 1.29 is 14.5 Å². The average molecular weight is 306 g/mol. The summed E-state index contributed by atoms with van der Waals surface area (Å²) in [5.74, 6) is -0.276. The van der Waals surface area contributed by atoms with Gasteiger partial charge in [-0.25, -0.2) is 0 Å². The number of rotatable bonds is 5. The number of hydrogen-bond acceptors (Lipinski definition) is 4. The van der Waals surface area contributed by atoms with E-state index >= 15 is 0 Å². The Labute approximate surface area is 126 Å². The Hall–Kier alpha value is -2.40. The minimum absolute atomic E-state index is 0.0611. The number of aryl methyl sites for hydroxylation is 1. The number of ketones is 1. The molecule has 0 atom stereocenters. The van der Waals surface area contributed by atoms with Crippen LogP contribution in [-0.2, 0) is 0 Å². The molecule has 2 rings (SSSR count). The summed E-state index contributed by atoms with van der Waals surface area (Å²) in [7, 11) is 0. The zero-order valence-corrected chi connectivity index (χ0v) is 12.0. The van der Waals surface area contributed by atoms with Gasteiger partial charge in [0.25, 0.3) is 0 Å². The molecule has 0 amide bonds. The maximum absolute atomic E-state index is 12.0. The van der Waals surface area contributed by atoms with Gasteiger partial charge >= 0.3 is 5.69 Å². The van der Waals surface area contributed by atoms with Crippen molar-refractivity contribution in [3.8, 4) is 5.75 Å². The lowest BCUT2D eigenvalue weighted by Crippen LogP contribution is -2.12. The van der Waals surface area contributed by atoms with Gasteiger partial charge in [0, 0.05) is 11.6 Å². The molecule has 0 spiro atoms. The van der Waals surface area contributed by atoms with Gasteiger partial charge in [-0.05, 0) is 30.7 Å². The molecule has 2 aromatic rings. The quantitative estimate of drug-likeness (QED) is 0.478. The van der Waals surface area contributed by atoms with E-state index in [-0.39, 0.29) is 23.8 Å². The summed E-state index contributed by atoms with van der Waals surface area (Å²) in [5.41, 5.74) is 0.905. The van der Waals surface area contributed by atoms with Crippen LogP contribution in [0.2, 0.25) is 5.02 Å². The number of Topliss-reactive ketones (excluding diaryl/α,β-unsaturated/α-hetero) is 1. The summed E-state index contributed by atoms with van der Waals surface area (Å²) in [6, 6.07) is 11.1. The first kappa shape index (κ1) is 15.0. The molecule has 0 unspecified atom stereocenters. The first-order valence-corrected chi connectivity index (χ1v) is 6.52. The monoisotopic (exact) mass is 305 g/mol. The number of carbonyl (C=O) groups excluding carboxylic acids is 1. The second-order valence-corrected chi connectivity index (χ2v) is 4.83. The van der Waals surface area contributed by atoms with Crippen LogP contribution in [0.1, 0.15) is 15.9 Å². The van der Waals surface area contributed by atoms with Crippen molar-refractivity contribution in [3.05, 3.63) is 68.7 Å². The van der Waals surface area contributed by atoms with Gasteiger partial charge in [-0.3, -0.25) is 14.9 Å². The Kier molecular flexibility index (Phi) is 4.55. The Bertz CT molecular complexity index is 700. The largest absolute Gasteiger partial charge is 0.478 e. The molecule has 0 saturated carbocycles. The maximum Gasteiger partial charge on any atom is 0.311 e. The average Bonchev–Trinajstić information content (AvgIpc) is 2.46. The third-order valence-corrected chi connectivity index (χ3v) is 3.17. The fraction of sp³-hybridized carbons (Fsp3) is 0.133. The molecule has 0 fully saturated rings. The van der Waals surface area contributed by atoms with Crippen molar-refractivity contribution >= 4 is 23.1 Å². The van der Waals surface area contributed by atoms with Crippen molar-refractivity contribution in [2.45, 2.75) is 6.92 Å². The van der Waals surface area contributed by atoms with Gasteiger partial charge in [0.15, 0.2) is 12.4 Å². The highest BCUT2D eigenvalue weighted by atomic mass is 35.5. The van der Waals surface area contributed by atoms with E-state index in [1.54, 1.807) is 37.3 Å². The minimum Gasteiger partial charge on any atom is -0.478 e. The normalized spacial score (nSPS) is 10.2. The smallest absolute Gasteiger partial charge is 0.311 e. The fourth-order valence-corrected chi connectivity index (χ4v) is 2.04. The molecular formula is C15H12ClNO4. The van der Waals surface area contributed by atoms with Crippen LogP contribution < -0.4 is 4.74 Å². The molecule has 2 aromatic carbocycles. The van der Waals surface area contributed by atoms with Gasteiger partial charge in [0.2, 0.25) is 5.78 Å². The molecule has 0 bridgehead atoms. The lowest BCUT2D eigenvalue weighted by molar-refractivity contribution is -0.385. The van der Waals surface area contributed by atoms with E-state index in [4.69, 9.17) is 16.3 Å². The highest BCUT2D eigenvalue weighted by Crippen LogP contribution is 2.28. The van der Waals surface area contributed by atoms with Crippen LogP contribution in [0.4, 0.5) is 5.69 Å². The van der Waals surface area contributed by atoms with E-state index in [1.807, 2.05) is 0 Å². The zero-order valence-electron chi connectivity index (χ0n) is 11.2. The van der Waals surface area contributed by atoms with Crippen LogP contribution in [0.25, 0.3) is 0 Å². The molecule has 21 heavy (non-hydrogen) atoms. The number of nitro benzene ring substituents is 1. The van der Waals surface area contributed by atoms with E-state index in [0.717, 1.165) is 5.56 Å². The molecule has 0 aliphatic heterocycles. The van der Waals surface area contributed by atoms with Crippen LogP contribution in [0, 0.1) is 17.0 Å². The number of ether oxygens (including phenoxy) is 1.